The molecule has 0 spiro atoms. The third-order valence-corrected chi connectivity index (χ3v) is 2.92. The van der Waals surface area contributed by atoms with Crippen LogP contribution in [0.1, 0.15) is 23.1 Å². The monoisotopic (exact) mass is 279 g/mol. The number of amides is 1. The summed E-state index contributed by atoms with van der Waals surface area (Å²) in [4.78, 5) is 16.0. The van der Waals surface area contributed by atoms with Crippen molar-refractivity contribution < 1.29 is 4.79 Å². The Hall–Kier alpha value is -2.08. The van der Waals surface area contributed by atoms with Crippen molar-refractivity contribution in [3.63, 3.8) is 0 Å². The second-order valence-electron chi connectivity index (χ2n) is 4.01. The molecular weight excluding hydrogens is 266 g/mol. The Morgan fingerprint density at radius 2 is 2.26 bits per heavy atom. The summed E-state index contributed by atoms with van der Waals surface area (Å²) >= 11 is 5.68. The zero-order valence-corrected chi connectivity index (χ0v) is 11.4. The van der Waals surface area contributed by atoms with Crippen LogP contribution in [0.15, 0.2) is 18.3 Å². The molecule has 0 bridgehead atoms. The number of rotatable bonds is 3. The van der Waals surface area contributed by atoms with E-state index in [9.17, 15) is 4.79 Å². The minimum atomic E-state index is -0.323. The van der Waals surface area contributed by atoms with Crippen LogP contribution in [0.4, 0.5) is 11.4 Å². The van der Waals surface area contributed by atoms with Gasteiger partial charge in [0.15, 0.2) is 0 Å². The van der Waals surface area contributed by atoms with E-state index in [1.165, 1.54) is 10.9 Å². The highest BCUT2D eigenvalue weighted by Crippen LogP contribution is 2.19. The van der Waals surface area contributed by atoms with Crippen molar-refractivity contribution in [3.05, 3.63) is 34.9 Å². The summed E-state index contributed by atoms with van der Waals surface area (Å²) in [7, 11) is 1.69. The Morgan fingerprint density at radius 1 is 1.53 bits per heavy atom. The molecule has 0 saturated heterocycles. The van der Waals surface area contributed by atoms with Crippen molar-refractivity contribution in [1.82, 2.24) is 14.8 Å². The Labute approximate surface area is 115 Å². The van der Waals surface area contributed by atoms with Crippen LogP contribution in [0.3, 0.4) is 0 Å². The number of aryl methyl sites for hydroxylation is 2. The number of nitrogens with zero attached hydrogens (tertiary/aromatic N) is 3. The topological polar surface area (TPSA) is 85.8 Å². The Kier molecular flexibility index (Phi) is 3.71. The highest BCUT2D eigenvalue weighted by Gasteiger charge is 2.19. The van der Waals surface area contributed by atoms with Gasteiger partial charge in [0.25, 0.3) is 5.91 Å². The molecule has 6 nitrogen and oxygen atoms in total. The molecule has 0 radical (unpaired) electrons. The average Bonchev–Trinajstić information content (AvgIpc) is 2.67. The fraction of sp³-hybridized carbons (Fsp3) is 0.250. The zero-order valence-electron chi connectivity index (χ0n) is 10.6. The van der Waals surface area contributed by atoms with Gasteiger partial charge >= 0.3 is 0 Å². The number of aromatic nitrogens is 3. The van der Waals surface area contributed by atoms with Crippen molar-refractivity contribution in [3.8, 4) is 0 Å². The number of nitrogens with two attached hydrogens (primary N) is 1. The van der Waals surface area contributed by atoms with Gasteiger partial charge in [-0.15, -0.1) is 0 Å². The lowest BCUT2D eigenvalue weighted by Gasteiger charge is -2.05. The molecule has 1 amide bonds. The molecule has 2 aromatic rings. The summed E-state index contributed by atoms with van der Waals surface area (Å²) in [6, 6.07) is 3.27. The Bertz CT molecular complexity index is 605. The number of anilines is 2. The molecule has 2 heterocycles. The van der Waals surface area contributed by atoms with Gasteiger partial charge in [0.2, 0.25) is 0 Å². The van der Waals surface area contributed by atoms with Crippen LogP contribution in [0.5, 0.6) is 0 Å². The molecule has 0 atom stereocenters. The highest BCUT2D eigenvalue weighted by molar-refractivity contribution is 6.29. The van der Waals surface area contributed by atoms with Gasteiger partial charge in [0, 0.05) is 7.05 Å². The molecule has 2 rings (SSSR count). The Morgan fingerprint density at radius 3 is 2.79 bits per heavy atom. The second-order valence-corrected chi connectivity index (χ2v) is 4.40. The van der Waals surface area contributed by atoms with E-state index in [0.29, 0.717) is 34.3 Å². The highest BCUT2D eigenvalue weighted by atomic mass is 35.5. The lowest BCUT2D eigenvalue weighted by Crippen LogP contribution is -2.17. The first-order valence-corrected chi connectivity index (χ1v) is 6.15. The maximum absolute atomic E-state index is 12.2. The molecule has 0 aromatic carbocycles. The molecule has 0 saturated carbocycles. The molecule has 7 heteroatoms. The van der Waals surface area contributed by atoms with Crippen molar-refractivity contribution >= 4 is 28.9 Å². The lowest BCUT2D eigenvalue weighted by molar-refractivity contribution is 0.101. The lowest BCUT2D eigenvalue weighted by atomic mass is 10.2. The summed E-state index contributed by atoms with van der Waals surface area (Å²) in [5, 5.41) is 7.27. The van der Waals surface area contributed by atoms with Crippen LogP contribution in [-0.4, -0.2) is 20.7 Å². The number of carbonyl (C=O) groups is 1. The molecule has 100 valence electrons. The molecule has 19 heavy (non-hydrogen) atoms. The smallest absolute Gasteiger partial charge is 0.276 e. The molecular formula is C12H14ClN5O. The van der Waals surface area contributed by atoms with Gasteiger partial charge in [-0.1, -0.05) is 18.5 Å². The maximum Gasteiger partial charge on any atom is 0.276 e. The molecule has 0 aliphatic carbocycles. The van der Waals surface area contributed by atoms with Crippen LogP contribution in [-0.2, 0) is 13.5 Å². The van der Waals surface area contributed by atoms with Crippen LogP contribution in [0, 0.1) is 0 Å². The van der Waals surface area contributed by atoms with Crippen LogP contribution >= 0.6 is 11.6 Å². The van der Waals surface area contributed by atoms with Crippen molar-refractivity contribution in [2.75, 3.05) is 11.1 Å². The number of pyridine rings is 1. The van der Waals surface area contributed by atoms with E-state index in [0.717, 1.165) is 0 Å². The Balaban J connectivity index is 2.25. The van der Waals surface area contributed by atoms with E-state index in [1.54, 1.807) is 19.2 Å². The van der Waals surface area contributed by atoms with Gasteiger partial charge in [0.05, 0.1) is 23.3 Å². The van der Waals surface area contributed by atoms with Crippen molar-refractivity contribution in [2.45, 2.75) is 13.3 Å². The average molecular weight is 280 g/mol. The molecule has 0 fully saturated rings. The fourth-order valence-electron chi connectivity index (χ4n) is 1.77. The summed E-state index contributed by atoms with van der Waals surface area (Å²) in [6.45, 7) is 1.93. The van der Waals surface area contributed by atoms with E-state index < -0.39 is 0 Å². The van der Waals surface area contributed by atoms with Gasteiger partial charge in [-0.05, 0) is 18.6 Å². The third-order valence-electron chi connectivity index (χ3n) is 2.70. The SMILES string of the molecule is CCc1nn(C)c(C(=O)Nc2ccc(Cl)nc2)c1N. The molecule has 0 aliphatic rings. The van der Waals surface area contributed by atoms with Gasteiger partial charge < -0.3 is 11.1 Å². The fourth-order valence-corrected chi connectivity index (χ4v) is 1.88. The van der Waals surface area contributed by atoms with Crippen molar-refractivity contribution in [2.24, 2.45) is 7.05 Å². The van der Waals surface area contributed by atoms with E-state index in [4.69, 9.17) is 17.3 Å². The van der Waals surface area contributed by atoms with Gasteiger partial charge in [0.1, 0.15) is 10.8 Å². The minimum absolute atomic E-state index is 0.323. The van der Waals surface area contributed by atoms with Crippen LogP contribution in [0.25, 0.3) is 0 Å². The zero-order chi connectivity index (χ0) is 14.0. The number of hydrogen-bond donors (Lipinski definition) is 2. The predicted molar refractivity (Wildman–Crippen MR) is 74.2 cm³/mol. The summed E-state index contributed by atoms with van der Waals surface area (Å²) in [5.74, 6) is -0.323. The molecule has 0 aliphatic heterocycles. The van der Waals surface area contributed by atoms with Gasteiger partial charge in [-0.2, -0.15) is 5.10 Å². The minimum Gasteiger partial charge on any atom is -0.395 e. The number of carbonyl (C=O) groups excluding carboxylic acids is 1. The van der Waals surface area contributed by atoms with E-state index in [2.05, 4.69) is 15.4 Å². The predicted octanol–water partition coefficient (Wildman–Crippen LogP) is 1.87. The first-order valence-electron chi connectivity index (χ1n) is 5.77. The normalized spacial score (nSPS) is 10.5. The second kappa shape index (κ2) is 5.27. The van der Waals surface area contributed by atoms with Crippen molar-refractivity contribution in [1.29, 1.82) is 0 Å². The van der Waals surface area contributed by atoms with E-state index in [-0.39, 0.29) is 5.91 Å². The first-order chi connectivity index (χ1) is 9.02. The van der Waals surface area contributed by atoms with Crippen LogP contribution in [0.2, 0.25) is 5.15 Å². The van der Waals surface area contributed by atoms with E-state index in [1.807, 2.05) is 6.92 Å². The van der Waals surface area contributed by atoms with Gasteiger partial charge in [-0.25, -0.2) is 4.98 Å². The number of nitrogen functional groups attached to an aromatic ring is 1. The summed E-state index contributed by atoms with van der Waals surface area (Å²) in [6.07, 6.45) is 2.16. The molecule has 0 unspecified atom stereocenters. The molecule has 3 N–H and O–H groups in total. The largest absolute Gasteiger partial charge is 0.395 e. The standard InChI is InChI=1S/C12H14ClN5O/c1-3-8-10(14)11(18(2)17-8)12(19)16-7-4-5-9(13)15-6-7/h4-6H,3,14H2,1-2H3,(H,16,19). The van der Waals surface area contributed by atoms with E-state index >= 15 is 0 Å². The number of nitrogens with one attached hydrogen (secondary N) is 1. The quantitative estimate of drug-likeness (QED) is 0.840. The number of hydrogen-bond acceptors (Lipinski definition) is 4. The summed E-state index contributed by atoms with van der Waals surface area (Å²) < 4.78 is 1.48. The third kappa shape index (κ3) is 2.68. The summed E-state index contributed by atoms with van der Waals surface area (Å²) in [5.41, 5.74) is 7.92. The molecule has 2 aromatic heterocycles. The maximum atomic E-state index is 12.2. The number of halogens is 1. The van der Waals surface area contributed by atoms with Crippen LogP contribution < -0.4 is 11.1 Å². The first kappa shape index (κ1) is 13.4. The van der Waals surface area contributed by atoms with Gasteiger partial charge in [-0.3, -0.25) is 9.48 Å².